The molecule has 1 aliphatic rings. The number of hydrogen-bond donors (Lipinski definition) is 1. The Balaban J connectivity index is 1.72. The molecule has 1 heterocycles. The quantitative estimate of drug-likeness (QED) is 0.216. The highest BCUT2D eigenvalue weighted by molar-refractivity contribution is 8.23. The Kier molecular flexibility index (Phi) is 8.11. The number of thiocarbonyl (C=S) groups is 1. The van der Waals surface area contributed by atoms with Crippen LogP contribution in [-0.4, -0.2) is 35.1 Å². The van der Waals surface area contributed by atoms with E-state index in [2.05, 4.69) is 0 Å². The van der Waals surface area contributed by atoms with Crippen LogP contribution in [-0.2, 0) is 21.7 Å². The summed E-state index contributed by atoms with van der Waals surface area (Å²) in [7, 11) is 1.62. The van der Waals surface area contributed by atoms with Crippen LogP contribution in [0.2, 0.25) is 10.0 Å². The molecule has 3 rings (SSSR count). The van der Waals surface area contributed by atoms with Crippen molar-refractivity contribution in [2.45, 2.75) is 25.2 Å². The van der Waals surface area contributed by atoms with Crippen LogP contribution < -0.4 is 9.47 Å². The molecule has 5 nitrogen and oxygen atoms in total. The van der Waals surface area contributed by atoms with Gasteiger partial charge in [-0.1, -0.05) is 47.6 Å². The second kappa shape index (κ2) is 10.6. The van der Waals surface area contributed by atoms with Crippen LogP contribution in [0.1, 0.15) is 23.6 Å². The third-order valence-corrected chi connectivity index (χ3v) is 6.73. The molecular weight excluding hydrogens is 479 g/mol. The van der Waals surface area contributed by atoms with E-state index >= 15 is 0 Å². The molecule has 1 N–H and O–H groups in total. The summed E-state index contributed by atoms with van der Waals surface area (Å²) in [4.78, 5) is 12.0. The van der Waals surface area contributed by atoms with Gasteiger partial charge in [-0.25, -0.2) is 4.79 Å². The molecule has 164 valence electrons. The van der Waals surface area contributed by atoms with E-state index in [4.69, 9.17) is 49.6 Å². The van der Waals surface area contributed by atoms with Gasteiger partial charge in [0.25, 0.3) is 0 Å². The van der Waals surface area contributed by atoms with Gasteiger partial charge >= 0.3 is 5.97 Å². The normalized spacial score (nSPS) is 15.2. The van der Waals surface area contributed by atoms with Gasteiger partial charge in [0.05, 0.1) is 22.9 Å². The zero-order valence-electron chi connectivity index (χ0n) is 16.8. The molecular formula is C22H20Cl2O5S2. The lowest BCUT2D eigenvalue weighted by atomic mass is 10.0. The monoisotopic (exact) mass is 498 g/mol. The number of halogens is 2. The number of carbonyl (C=O) groups is 1. The summed E-state index contributed by atoms with van der Waals surface area (Å²) in [6.45, 7) is 1.98. The smallest absolute Gasteiger partial charge is 0.347 e. The van der Waals surface area contributed by atoms with E-state index in [9.17, 15) is 9.90 Å². The van der Waals surface area contributed by atoms with Gasteiger partial charge in [-0.3, -0.25) is 0 Å². The summed E-state index contributed by atoms with van der Waals surface area (Å²) in [5.41, 5.74) is 2.06. The lowest BCUT2D eigenvalue weighted by Crippen LogP contribution is -2.27. The summed E-state index contributed by atoms with van der Waals surface area (Å²) >= 11 is 19.5. The van der Waals surface area contributed by atoms with E-state index < -0.39 is 12.1 Å². The number of carbonyl (C=O) groups excluding carboxylic acids is 1. The minimum Gasteiger partial charge on any atom is -0.507 e. The van der Waals surface area contributed by atoms with Crippen molar-refractivity contribution in [3.8, 4) is 11.5 Å². The molecule has 0 aliphatic carbocycles. The zero-order chi connectivity index (χ0) is 22.5. The first-order valence-electron chi connectivity index (χ1n) is 9.38. The molecule has 0 fully saturated rings. The predicted octanol–water partition coefficient (Wildman–Crippen LogP) is 6.03. The summed E-state index contributed by atoms with van der Waals surface area (Å²) in [6.07, 6.45) is 0.958. The van der Waals surface area contributed by atoms with Crippen LogP contribution in [0.4, 0.5) is 0 Å². The van der Waals surface area contributed by atoms with Gasteiger partial charge in [-0.05, 0) is 30.7 Å². The molecule has 1 unspecified atom stereocenters. The van der Waals surface area contributed by atoms with E-state index in [0.717, 1.165) is 11.3 Å². The molecule has 0 saturated heterocycles. The van der Waals surface area contributed by atoms with Gasteiger partial charge in [-0.15, -0.1) is 11.8 Å². The van der Waals surface area contributed by atoms with E-state index in [0.29, 0.717) is 26.8 Å². The predicted molar refractivity (Wildman–Crippen MR) is 129 cm³/mol. The van der Waals surface area contributed by atoms with Crippen molar-refractivity contribution in [2.24, 2.45) is 0 Å². The summed E-state index contributed by atoms with van der Waals surface area (Å²) < 4.78 is 16.3. The number of rotatable bonds is 7. The molecule has 0 bridgehead atoms. The first kappa shape index (κ1) is 23.7. The van der Waals surface area contributed by atoms with Crippen molar-refractivity contribution in [1.82, 2.24) is 0 Å². The summed E-state index contributed by atoms with van der Waals surface area (Å²) in [5.74, 6) is 1.18. The number of methoxy groups -OCH3 is 1. The number of aliphatic hydroxyl groups is 1. The Morgan fingerprint density at radius 1 is 1.32 bits per heavy atom. The Morgan fingerprint density at radius 2 is 2.03 bits per heavy atom. The molecule has 0 amide bonds. The van der Waals surface area contributed by atoms with Gasteiger partial charge in [0.1, 0.15) is 22.3 Å². The van der Waals surface area contributed by atoms with Crippen LogP contribution in [0.5, 0.6) is 11.5 Å². The minimum absolute atomic E-state index is 0.110. The number of ether oxygens (including phenoxy) is 3. The Labute approximate surface area is 200 Å². The van der Waals surface area contributed by atoms with E-state index in [1.807, 2.05) is 24.3 Å². The van der Waals surface area contributed by atoms with Crippen LogP contribution in [0.3, 0.4) is 0 Å². The molecule has 31 heavy (non-hydrogen) atoms. The van der Waals surface area contributed by atoms with Crippen molar-refractivity contribution in [3.63, 3.8) is 0 Å². The Bertz CT molecular complexity index is 1020. The van der Waals surface area contributed by atoms with E-state index in [-0.39, 0.29) is 28.8 Å². The Morgan fingerprint density at radius 3 is 2.68 bits per heavy atom. The first-order chi connectivity index (χ1) is 14.8. The number of aliphatic hydroxyl groups excluding tert-OH is 1. The van der Waals surface area contributed by atoms with Crippen LogP contribution in [0.15, 0.2) is 36.4 Å². The fraction of sp³-hybridized carbons (Fsp3) is 0.273. The second-order valence-electron chi connectivity index (χ2n) is 6.59. The maximum Gasteiger partial charge on any atom is 0.347 e. The average molecular weight is 499 g/mol. The van der Waals surface area contributed by atoms with Crippen LogP contribution in [0, 0.1) is 0 Å². The molecule has 0 radical (unpaired) electrons. The van der Waals surface area contributed by atoms with Gasteiger partial charge in [0.2, 0.25) is 0 Å². The Hall–Kier alpha value is -1.93. The summed E-state index contributed by atoms with van der Waals surface area (Å²) in [6, 6.07) is 9.32. The van der Waals surface area contributed by atoms with Crippen molar-refractivity contribution >= 4 is 63.1 Å². The van der Waals surface area contributed by atoms with Crippen molar-refractivity contribution in [3.05, 3.63) is 63.1 Å². The molecule has 9 heteroatoms. The molecule has 1 aliphatic heterocycles. The highest BCUT2D eigenvalue weighted by Gasteiger charge is 2.34. The fourth-order valence-corrected chi connectivity index (χ4v) is 4.47. The van der Waals surface area contributed by atoms with Gasteiger partial charge in [0, 0.05) is 29.4 Å². The first-order valence-corrected chi connectivity index (χ1v) is 11.5. The highest BCUT2D eigenvalue weighted by Crippen LogP contribution is 2.44. The zero-order valence-corrected chi connectivity index (χ0v) is 20.0. The van der Waals surface area contributed by atoms with Crippen molar-refractivity contribution in [2.75, 3.05) is 13.7 Å². The molecule has 0 spiro atoms. The molecule has 0 saturated carbocycles. The molecule has 0 aromatic heterocycles. The van der Waals surface area contributed by atoms with Crippen LogP contribution in [0.25, 0.3) is 5.76 Å². The number of esters is 1. The largest absolute Gasteiger partial charge is 0.507 e. The van der Waals surface area contributed by atoms with Gasteiger partial charge in [0.15, 0.2) is 6.10 Å². The third kappa shape index (κ3) is 5.66. The second-order valence-corrected chi connectivity index (χ2v) is 9.06. The SMILES string of the molecule is CCOC(=O)C1Cc2cc(C(O)=CC(=S)SCc3ccc(OC)cc3)c(Cl)c(Cl)c2O1. The lowest BCUT2D eigenvalue weighted by molar-refractivity contribution is -0.150. The van der Waals surface area contributed by atoms with E-state index in [1.54, 1.807) is 20.1 Å². The molecule has 2 aromatic carbocycles. The number of hydrogen-bond acceptors (Lipinski definition) is 7. The third-order valence-electron chi connectivity index (χ3n) is 4.52. The summed E-state index contributed by atoms with van der Waals surface area (Å²) in [5, 5.41) is 10.9. The van der Waals surface area contributed by atoms with Crippen molar-refractivity contribution in [1.29, 1.82) is 0 Å². The van der Waals surface area contributed by atoms with Crippen LogP contribution >= 0.6 is 47.2 Å². The number of benzene rings is 2. The lowest BCUT2D eigenvalue weighted by Gasteiger charge is -2.11. The standard InChI is InChI=1S/C22H20Cl2O5S2/c1-3-28-22(26)17-9-13-8-15(19(23)20(24)21(13)29-17)16(25)10-18(30)31-11-12-4-6-14(27-2)7-5-12/h4-8,10,17,25H,3,9,11H2,1-2H3. The average Bonchev–Trinajstić information content (AvgIpc) is 3.20. The number of fused-ring (bicyclic) bond motifs is 1. The number of thioether (sulfide) groups is 1. The molecule has 2 aromatic rings. The maximum atomic E-state index is 12.0. The molecule has 1 atom stereocenters. The van der Waals surface area contributed by atoms with Gasteiger partial charge in [-0.2, -0.15) is 0 Å². The van der Waals surface area contributed by atoms with E-state index in [1.165, 1.54) is 17.8 Å². The minimum atomic E-state index is -0.786. The van der Waals surface area contributed by atoms with Gasteiger partial charge < -0.3 is 19.3 Å². The van der Waals surface area contributed by atoms with Crippen molar-refractivity contribution < 1.29 is 24.1 Å². The maximum absolute atomic E-state index is 12.0. The highest BCUT2D eigenvalue weighted by atomic mass is 35.5. The topological polar surface area (TPSA) is 65.0 Å². The fourth-order valence-electron chi connectivity index (χ4n) is 2.99.